The van der Waals surface area contributed by atoms with Gasteiger partial charge >= 0.3 is 6.18 Å². The number of sulfonamides is 1. The zero-order valence-corrected chi connectivity index (χ0v) is 21.9. The van der Waals surface area contributed by atoms with E-state index in [9.17, 15) is 26.9 Å². The Hall–Kier alpha value is -4.25. The van der Waals surface area contributed by atoms with E-state index in [-0.39, 0.29) is 21.9 Å². The smallest absolute Gasteiger partial charge is 0.417 e. The summed E-state index contributed by atoms with van der Waals surface area (Å²) in [5.74, 6) is 1.43. The van der Waals surface area contributed by atoms with Gasteiger partial charge in [-0.15, -0.1) is 0 Å². The number of rotatable bonds is 7. The SMILES string of the molecule is COc1ccc(S(=O)(=O)Nc2cnc(N3CCCN(c4ccc(C(F)(F)F)cn4)CC3)c(C#N)c2)cc1OC. The zero-order valence-electron chi connectivity index (χ0n) is 21.1. The third kappa shape index (κ3) is 6.26. The first-order valence-electron chi connectivity index (χ1n) is 11.7. The van der Waals surface area contributed by atoms with E-state index in [1.807, 2.05) is 9.80 Å². The van der Waals surface area contributed by atoms with E-state index in [0.29, 0.717) is 50.0 Å². The molecular formula is C25H25F3N6O4S. The Morgan fingerprint density at radius 3 is 2.31 bits per heavy atom. The second kappa shape index (κ2) is 11.2. The van der Waals surface area contributed by atoms with Crippen molar-refractivity contribution in [2.75, 3.05) is 54.9 Å². The summed E-state index contributed by atoms with van der Waals surface area (Å²) in [6.07, 6.45) is -1.67. The molecule has 0 spiro atoms. The van der Waals surface area contributed by atoms with Crippen LogP contribution in [0.3, 0.4) is 0 Å². The fourth-order valence-electron chi connectivity index (χ4n) is 4.14. The van der Waals surface area contributed by atoms with Crippen LogP contribution < -0.4 is 24.0 Å². The fourth-order valence-corrected chi connectivity index (χ4v) is 5.19. The van der Waals surface area contributed by atoms with Crippen LogP contribution in [0.4, 0.5) is 30.5 Å². The first-order valence-corrected chi connectivity index (χ1v) is 13.2. The number of halogens is 3. The van der Waals surface area contributed by atoms with E-state index in [2.05, 4.69) is 20.8 Å². The van der Waals surface area contributed by atoms with Gasteiger partial charge < -0.3 is 19.3 Å². The van der Waals surface area contributed by atoms with Crippen molar-refractivity contribution in [1.29, 1.82) is 5.26 Å². The van der Waals surface area contributed by atoms with E-state index in [0.717, 1.165) is 12.3 Å². The van der Waals surface area contributed by atoms with Crippen LogP contribution >= 0.6 is 0 Å². The molecule has 1 N–H and O–H groups in total. The molecule has 2 aromatic heterocycles. The van der Waals surface area contributed by atoms with Gasteiger partial charge in [-0.2, -0.15) is 18.4 Å². The highest BCUT2D eigenvalue weighted by molar-refractivity contribution is 7.92. The van der Waals surface area contributed by atoms with Gasteiger partial charge in [-0.25, -0.2) is 18.4 Å². The molecule has 10 nitrogen and oxygen atoms in total. The normalized spacial score (nSPS) is 14.4. The maximum atomic E-state index is 12.9. The molecule has 3 heterocycles. The van der Waals surface area contributed by atoms with Crippen LogP contribution in [0, 0.1) is 11.3 Å². The Balaban J connectivity index is 1.49. The number of nitrogens with zero attached hydrogens (tertiary/aromatic N) is 5. The molecule has 1 aromatic carbocycles. The first-order chi connectivity index (χ1) is 18.6. The van der Waals surface area contributed by atoms with Crippen molar-refractivity contribution in [1.82, 2.24) is 9.97 Å². The summed E-state index contributed by atoms with van der Waals surface area (Å²) in [7, 11) is -1.19. The molecule has 1 aliphatic heterocycles. The molecule has 14 heteroatoms. The van der Waals surface area contributed by atoms with Gasteiger partial charge in [0, 0.05) is 38.4 Å². The largest absolute Gasteiger partial charge is 0.493 e. The third-order valence-corrected chi connectivity index (χ3v) is 7.48. The Morgan fingerprint density at radius 2 is 1.67 bits per heavy atom. The van der Waals surface area contributed by atoms with E-state index >= 15 is 0 Å². The van der Waals surface area contributed by atoms with Crippen molar-refractivity contribution >= 4 is 27.3 Å². The molecule has 39 heavy (non-hydrogen) atoms. The van der Waals surface area contributed by atoms with Crippen molar-refractivity contribution in [3.63, 3.8) is 0 Å². The molecule has 1 fully saturated rings. The number of anilines is 3. The summed E-state index contributed by atoms with van der Waals surface area (Å²) in [5, 5.41) is 9.77. The van der Waals surface area contributed by atoms with Crippen LogP contribution in [0.2, 0.25) is 0 Å². The van der Waals surface area contributed by atoms with Gasteiger partial charge in [0.05, 0.1) is 42.1 Å². The second-order valence-electron chi connectivity index (χ2n) is 8.56. The lowest BCUT2D eigenvalue weighted by molar-refractivity contribution is -0.137. The standard InChI is InChI=1S/C25H25F3N6O4S/c1-37-21-6-5-20(13-22(21)38-2)39(35,36)32-19-12-17(14-29)24(31-16-19)34-9-3-8-33(10-11-34)23-7-4-18(15-30-23)25(26,27)28/h4-7,12-13,15-16,32H,3,8-11H2,1-2H3. The van der Waals surface area contributed by atoms with Crippen molar-refractivity contribution in [2.24, 2.45) is 0 Å². The average molecular weight is 563 g/mol. The second-order valence-corrected chi connectivity index (χ2v) is 10.2. The quantitative estimate of drug-likeness (QED) is 0.457. The van der Waals surface area contributed by atoms with Crippen molar-refractivity contribution in [3.05, 3.63) is 59.9 Å². The number of ether oxygens (including phenoxy) is 2. The van der Waals surface area contributed by atoms with Gasteiger partial charge in [-0.1, -0.05) is 0 Å². The third-order valence-electron chi connectivity index (χ3n) is 6.10. The minimum atomic E-state index is -4.46. The van der Waals surface area contributed by atoms with Crippen LogP contribution in [-0.4, -0.2) is 58.8 Å². The summed E-state index contributed by atoms with van der Waals surface area (Å²) in [6, 6.07) is 9.98. The molecular weight excluding hydrogens is 537 g/mol. The maximum absolute atomic E-state index is 12.9. The van der Waals surface area contributed by atoms with Crippen LogP contribution in [0.1, 0.15) is 17.5 Å². The van der Waals surface area contributed by atoms with Crippen LogP contribution in [-0.2, 0) is 16.2 Å². The summed E-state index contributed by atoms with van der Waals surface area (Å²) >= 11 is 0. The summed E-state index contributed by atoms with van der Waals surface area (Å²) in [6.45, 7) is 1.97. The number of methoxy groups -OCH3 is 2. The molecule has 4 rings (SSSR count). The van der Waals surface area contributed by atoms with Crippen molar-refractivity contribution < 1.29 is 31.1 Å². The number of nitrogens with one attached hydrogen (secondary N) is 1. The summed E-state index contributed by atoms with van der Waals surface area (Å²) < 4.78 is 77.2. The highest BCUT2D eigenvalue weighted by Gasteiger charge is 2.31. The lowest BCUT2D eigenvalue weighted by Gasteiger charge is -2.24. The van der Waals surface area contributed by atoms with E-state index in [1.165, 1.54) is 50.7 Å². The first kappa shape index (κ1) is 27.8. The summed E-state index contributed by atoms with van der Waals surface area (Å²) in [4.78, 5) is 12.0. The Bertz CT molecular complexity index is 1480. The number of benzene rings is 1. The zero-order chi connectivity index (χ0) is 28.2. The molecule has 0 saturated carbocycles. The van der Waals surface area contributed by atoms with E-state index in [4.69, 9.17) is 9.47 Å². The minimum absolute atomic E-state index is 0.0628. The highest BCUT2D eigenvalue weighted by Crippen LogP contribution is 2.32. The Kier molecular flexibility index (Phi) is 8.01. The van der Waals surface area contributed by atoms with Crippen LogP contribution in [0.15, 0.2) is 53.7 Å². The van der Waals surface area contributed by atoms with Gasteiger partial charge in [-0.3, -0.25) is 4.72 Å². The van der Waals surface area contributed by atoms with Gasteiger partial charge in [0.2, 0.25) is 0 Å². The van der Waals surface area contributed by atoms with Gasteiger partial charge in [0.15, 0.2) is 11.5 Å². The monoisotopic (exact) mass is 562 g/mol. The molecule has 0 aliphatic carbocycles. The highest BCUT2D eigenvalue weighted by atomic mass is 32.2. The average Bonchev–Trinajstić information content (AvgIpc) is 3.18. The molecule has 0 atom stereocenters. The van der Waals surface area contributed by atoms with Gasteiger partial charge in [0.1, 0.15) is 17.7 Å². The number of hydrogen-bond acceptors (Lipinski definition) is 9. The van der Waals surface area contributed by atoms with E-state index in [1.54, 1.807) is 0 Å². The number of alkyl halides is 3. The number of nitriles is 1. The molecule has 0 unspecified atom stereocenters. The van der Waals surface area contributed by atoms with Crippen LogP contribution in [0.5, 0.6) is 11.5 Å². The van der Waals surface area contributed by atoms with Crippen molar-refractivity contribution in [3.8, 4) is 17.6 Å². The number of pyridine rings is 2. The van der Waals surface area contributed by atoms with Crippen LogP contribution in [0.25, 0.3) is 0 Å². The number of hydrogen-bond donors (Lipinski definition) is 1. The minimum Gasteiger partial charge on any atom is -0.493 e. The van der Waals surface area contributed by atoms with E-state index < -0.39 is 21.8 Å². The molecule has 1 aliphatic rings. The Morgan fingerprint density at radius 1 is 0.949 bits per heavy atom. The summed E-state index contributed by atoms with van der Waals surface area (Å²) in [5.41, 5.74) is -0.536. The molecule has 0 amide bonds. The molecule has 3 aromatic rings. The molecule has 1 saturated heterocycles. The molecule has 0 bridgehead atoms. The number of aromatic nitrogens is 2. The lowest BCUT2D eigenvalue weighted by Crippen LogP contribution is -2.32. The van der Waals surface area contributed by atoms with Gasteiger partial charge in [-0.05, 0) is 36.8 Å². The Labute approximate surface area is 223 Å². The maximum Gasteiger partial charge on any atom is 0.417 e. The topological polar surface area (TPSA) is 121 Å². The predicted octanol–water partition coefficient (Wildman–Crippen LogP) is 3.90. The predicted molar refractivity (Wildman–Crippen MR) is 138 cm³/mol. The fraction of sp³-hybridized carbons (Fsp3) is 0.320. The van der Waals surface area contributed by atoms with Crippen molar-refractivity contribution in [2.45, 2.75) is 17.5 Å². The molecule has 206 valence electrons. The molecule has 0 radical (unpaired) electrons. The van der Waals surface area contributed by atoms with Gasteiger partial charge in [0.25, 0.3) is 10.0 Å². The lowest BCUT2D eigenvalue weighted by atomic mass is 10.2.